The van der Waals surface area contributed by atoms with E-state index >= 15 is 0 Å². The maximum atomic E-state index is 6.99. The highest BCUT2D eigenvalue weighted by molar-refractivity contribution is 5.96. The van der Waals surface area contributed by atoms with Crippen LogP contribution in [-0.4, -0.2) is 0 Å². The van der Waals surface area contributed by atoms with Gasteiger partial charge in [0.05, 0.1) is 11.1 Å². The lowest BCUT2D eigenvalue weighted by molar-refractivity contribution is 0.359. The molecule has 0 bridgehead atoms. The molecule has 0 saturated heterocycles. The van der Waals surface area contributed by atoms with Crippen molar-refractivity contribution in [3.8, 4) is 78.6 Å². The summed E-state index contributed by atoms with van der Waals surface area (Å²) < 4.78 is 13.8. The van der Waals surface area contributed by atoms with Crippen molar-refractivity contribution in [3.05, 3.63) is 259 Å². The van der Waals surface area contributed by atoms with Crippen LogP contribution in [0.15, 0.2) is 237 Å². The summed E-state index contributed by atoms with van der Waals surface area (Å²) in [6.45, 7) is 0. The zero-order valence-corrected chi connectivity index (χ0v) is 34.8. The van der Waals surface area contributed by atoms with Gasteiger partial charge in [-0.05, 0) is 126 Å². The molecule has 10 aromatic carbocycles. The minimum absolute atomic E-state index is 0.474. The van der Waals surface area contributed by atoms with Crippen molar-refractivity contribution < 1.29 is 9.47 Å². The van der Waals surface area contributed by atoms with E-state index in [-0.39, 0.29) is 0 Å². The number of benzene rings is 10. The molecule has 3 heteroatoms. The molecule has 0 unspecified atom stereocenters. The molecule has 0 atom stereocenters. The van der Waals surface area contributed by atoms with Gasteiger partial charge in [-0.15, -0.1) is 0 Å². The molecule has 0 fully saturated rings. The Hall–Kier alpha value is -8.40. The van der Waals surface area contributed by atoms with Crippen molar-refractivity contribution in [2.45, 2.75) is 5.41 Å². The Balaban J connectivity index is 0.894. The fraction of sp³-hybridized carbons (Fsp3) is 0.0164. The highest BCUT2D eigenvalue weighted by Crippen LogP contribution is 2.64. The Morgan fingerprint density at radius 2 is 0.609 bits per heavy atom. The second-order valence-electron chi connectivity index (χ2n) is 16.8. The predicted molar refractivity (Wildman–Crippen MR) is 260 cm³/mol. The van der Waals surface area contributed by atoms with E-state index in [1.54, 1.807) is 0 Å². The Kier molecular flexibility index (Phi) is 8.13. The summed E-state index contributed by atoms with van der Waals surface area (Å²) in [5.41, 5.74) is 19.7. The Labute approximate surface area is 372 Å². The summed E-state index contributed by atoms with van der Waals surface area (Å²) in [6, 6.07) is 84.7. The highest BCUT2D eigenvalue weighted by Gasteiger charge is 2.52. The number of hydrogen-bond acceptors (Lipinski definition) is 3. The van der Waals surface area contributed by atoms with Crippen LogP contribution in [0.5, 0.6) is 23.0 Å². The van der Waals surface area contributed by atoms with Gasteiger partial charge in [0.25, 0.3) is 0 Å². The van der Waals surface area contributed by atoms with E-state index < -0.39 is 5.41 Å². The molecule has 0 radical (unpaired) electrons. The average Bonchev–Trinajstić information content (AvgIpc) is 3.83. The Morgan fingerprint density at radius 3 is 1.11 bits per heavy atom. The molecular weight excluding hydrogens is 779 g/mol. The number of fused-ring (bicyclic) bond motifs is 12. The van der Waals surface area contributed by atoms with Crippen LogP contribution in [0, 0.1) is 0 Å². The van der Waals surface area contributed by atoms with Gasteiger partial charge in [0.2, 0.25) is 0 Å². The van der Waals surface area contributed by atoms with E-state index in [0.29, 0.717) is 23.0 Å². The monoisotopic (exact) mass is 817 g/mol. The molecule has 0 saturated carbocycles. The van der Waals surface area contributed by atoms with E-state index in [4.69, 9.17) is 9.47 Å². The third-order valence-corrected chi connectivity index (χ3v) is 13.4. The number of ether oxygens (including phenoxy) is 2. The van der Waals surface area contributed by atoms with Crippen LogP contribution < -0.4 is 14.4 Å². The van der Waals surface area contributed by atoms with Crippen molar-refractivity contribution in [3.63, 3.8) is 0 Å². The molecule has 0 aromatic heterocycles. The third kappa shape index (κ3) is 5.54. The third-order valence-electron chi connectivity index (χ3n) is 13.4. The summed E-state index contributed by atoms with van der Waals surface area (Å²) in [7, 11) is 0. The molecule has 0 amide bonds. The van der Waals surface area contributed by atoms with Crippen molar-refractivity contribution >= 4 is 17.1 Å². The summed E-state index contributed by atoms with van der Waals surface area (Å²) in [4.78, 5) is 2.29. The first kappa shape index (κ1) is 36.3. The molecule has 300 valence electrons. The maximum absolute atomic E-state index is 6.99. The van der Waals surface area contributed by atoms with Gasteiger partial charge in [0.15, 0.2) is 23.0 Å². The normalized spacial score (nSPS) is 13.1. The number of rotatable bonds is 6. The second-order valence-corrected chi connectivity index (χ2v) is 16.8. The van der Waals surface area contributed by atoms with Crippen LogP contribution in [0.1, 0.15) is 22.3 Å². The van der Waals surface area contributed by atoms with Crippen LogP contribution in [0.4, 0.5) is 17.1 Å². The molecule has 0 N–H and O–H groups in total. The molecule has 1 aliphatic heterocycles. The zero-order chi connectivity index (χ0) is 42.2. The maximum Gasteiger partial charge on any atom is 0.172 e. The molecule has 13 rings (SSSR count). The topological polar surface area (TPSA) is 21.7 Å². The lowest BCUT2D eigenvalue weighted by Gasteiger charge is -2.31. The molecule has 64 heavy (non-hydrogen) atoms. The molecule has 10 aromatic rings. The van der Waals surface area contributed by atoms with Gasteiger partial charge in [-0.2, -0.15) is 0 Å². The van der Waals surface area contributed by atoms with Crippen LogP contribution in [0.25, 0.3) is 55.6 Å². The Morgan fingerprint density at radius 1 is 0.250 bits per heavy atom. The summed E-state index contributed by atoms with van der Waals surface area (Å²) >= 11 is 0. The molecule has 1 spiro atoms. The van der Waals surface area contributed by atoms with Crippen LogP contribution in [0.2, 0.25) is 0 Å². The fourth-order valence-corrected chi connectivity index (χ4v) is 10.5. The van der Waals surface area contributed by atoms with Crippen LogP contribution >= 0.6 is 0 Å². The van der Waals surface area contributed by atoms with Gasteiger partial charge >= 0.3 is 0 Å². The smallest absolute Gasteiger partial charge is 0.172 e. The van der Waals surface area contributed by atoms with E-state index in [1.807, 2.05) is 6.07 Å². The van der Waals surface area contributed by atoms with Gasteiger partial charge in [-0.3, -0.25) is 0 Å². The van der Waals surface area contributed by atoms with Crippen molar-refractivity contribution in [1.29, 1.82) is 0 Å². The largest absolute Gasteiger partial charge is 0.449 e. The lowest BCUT2D eigenvalue weighted by atomic mass is 9.70. The lowest BCUT2D eigenvalue weighted by Crippen LogP contribution is -2.25. The van der Waals surface area contributed by atoms with Gasteiger partial charge in [0, 0.05) is 17.4 Å². The van der Waals surface area contributed by atoms with Gasteiger partial charge in [-0.1, -0.05) is 182 Å². The molecule has 2 aliphatic carbocycles. The van der Waals surface area contributed by atoms with Gasteiger partial charge in [-0.25, -0.2) is 0 Å². The van der Waals surface area contributed by atoms with Crippen molar-refractivity contribution in [2.24, 2.45) is 0 Å². The molecule has 3 nitrogen and oxygen atoms in total. The van der Waals surface area contributed by atoms with Crippen molar-refractivity contribution in [2.75, 3.05) is 4.90 Å². The van der Waals surface area contributed by atoms with Gasteiger partial charge < -0.3 is 14.4 Å². The second kappa shape index (κ2) is 14.3. The minimum atomic E-state index is -0.474. The quantitative estimate of drug-likeness (QED) is 0.167. The number of hydrogen-bond donors (Lipinski definition) is 0. The first-order chi connectivity index (χ1) is 31.7. The predicted octanol–water partition coefficient (Wildman–Crippen LogP) is 16.4. The standard InChI is InChI=1S/C61H39NO2/c1-3-13-40(14-4-1)42-23-25-43(26-24-42)45-29-33-47(34-30-45)62(46-31-27-44(28-32-46)41-15-5-2-6-16-41)48-35-36-57-58(37-48)64-60-39-56-52(38-59(60)63-57)51-19-9-12-22-55(51)61(56)53-20-10-7-17-49(53)50-18-8-11-21-54(50)61/h1-39H. The minimum Gasteiger partial charge on any atom is -0.449 e. The first-order valence-electron chi connectivity index (χ1n) is 21.9. The summed E-state index contributed by atoms with van der Waals surface area (Å²) in [6.07, 6.45) is 0. The van der Waals surface area contributed by atoms with E-state index in [0.717, 1.165) is 28.2 Å². The van der Waals surface area contributed by atoms with Crippen molar-refractivity contribution in [1.82, 2.24) is 0 Å². The van der Waals surface area contributed by atoms with E-state index in [1.165, 1.54) is 66.8 Å². The number of anilines is 3. The SMILES string of the molecule is c1ccc(-c2ccc(-c3ccc(N(c4ccc(-c5ccccc5)cc4)c4ccc5c(c4)Oc4cc6c(cc4O5)-c4ccccc4C64c5ccccc5-c5ccccc54)cc3)cc2)cc1. The number of nitrogens with zero attached hydrogens (tertiary/aromatic N) is 1. The zero-order valence-electron chi connectivity index (χ0n) is 34.8. The highest BCUT2D eigenvalue weighted by atomic mass is 16.6. The first-order valence-corrected chi connectivity index (χ1v) is 21.9. The summed E-state index contributed by atoms with van der Waals surface area (Å²) in [5.74, 6) is 2.77. The van der Waals surface area contributed by atoms with E-state index in [9.17, 15) is 0 Å². The molecule has 3 aliphatic rings. The van der Waals surface area contributed by atoms with E-state index in [2.05, 4.69) is 235 Å². The molecule has 1 heterocycles. The van der Waals surface area contributed by atoms with Gasteiger partial charge in [0.1, 0.15) is 0 Å². The molecular formula is C61H39NO2. The summed E-state index contributed by atoms with van der Waals surface area (Å²) in [5, 5.41) is 0. The fourth-order valence-electron chi connectivity index (χ4n) is 10.5. The van der Waals surface area contributed by atoms with Crippen LogP contribution in [-0.2, 0) is 5.41 Å². The average molecular weight is 818 g/mol. The Bertz CT molecular complexity index is 3370. The van der Waals surface area contributed by atoms with Crippen LogP contribution in [0.3, 0.4) is 0 Å².